The van der Waals surface area contributed by atoms with Gasteiger partial charge >= 0.3 is 0 Å². The number of benzene rings is 2. The Hall–Kier alpha value is -4.01. The molecule has 1 saturated carbocycles. The van der Waals surface area contributed by atoms with Crippen LogP contribution in [0.25, 0.3) is 17.2 Å². The zero-order chi connectivity index (χ0) is 26.5. The minimum atomic E-state index is -0.709. The van der Waals surface area contributed by atoms with Crippen LogP contribution in [0.1, 0.15) is 60.5 Å². The van der Waals surface area contributed by atoms with Gasteiger partial charge in [-0.1, -0.05) is 60.7 Å². The molecule has 196 valence electrons. The van der Waals surface area contributed by atoms with Gasteiger partial charge in [0.05, 0.1) is 24.9 Å². The van der Waals surface area contributed by atoms with Crippen LogP contribution < -0.4 is 5.32 Å². The van der Waals surface area contributed by atoms with Crippen LogP contribution in [0.15, 0.2) is 84.1 Å². The summed E-state index contributed by atoms with van der Waals surface area (Å²) >= 11 is 0. The fourth-order valence-electron chi connectivity index (χ4n) is 4.88. The highest BCUT2D eigenvalue weighted by Crippen LogP contribution is 2.42. The van der Waals surface area contributed by atoms with Crippen LogP contribution in [0.5, 0.6) is 0 Å². The number of nitrogens with one attached hydrogen (secondary N) is 1. The summed E-state index contributed by atoms with van der Waals surface area (Å²) in [6.45, 7) is 1.97. The second kappa shape index (κ2) is 11.6. The first-order chi connectivity index (χ1) is 18.5. The highest BCUT2D eigenvalue weighted by atomic mass is 16.3. The van der Waals surface area contributed by atoms with Gasteiger partial charge < -0.3 is 24.5 Å². The van der Waals surface area contributed by atoms with Crippen LogP contribution in [0.4, 0.5) is 0 Å². The molecule has 1 fully saturated rings. The number of rotatable bonds is 10. The number of imidazole rings is 1. The van der Waals surface area contributed by atoms with Gasteiger partial charge in [0.15, 0.2) is 6.39 Å². The molecule has 0 radical (unpaired) electrons. The first-order valence-electron chi connectivity index (χ1n) is 12.9. The average molecular weight is 513 g/mol. The summed E-state index contributed by atoms with van der Waals surface area (Å²) in [4.78, 5) is 20.6. The Morgan fingerprint density at radius 2 is 1.84 bits per heavy atom. The van der Waals surface area contributed by atoms with E-state index in [-0.39, 0.29) is 24.5 Å². The largest absolute Gasteiger partial charge is 0.451 e. The van der Waals surface area contributed by atoms with Gasteiger partial charge in [0.2, 0.25) is 5.91 Å². The number of nitrogens with zero attached hydrogens (tertiary/aromatic N) is 3. The zero-order valence-corrected chi connectivity index (χ0v) is 21.3. The summed E-state index contributed by atoms with van der Waals surface area (Å²) in [7, 11) is 0. The maximum absolute atomic E-state index is 12.4. The third-order valence-electron chi connectivity index (χ3n) is 7.19. The monoisotopic (exact) mass is 512 g/mol. The van der Waals surface area contributed by atoms with Gasteiger partial charge in [0.1, 0.15) is 18.2 Å². The van der Waals surface area contributed by atoms with Crippen molar-refractivity contribution in [1.29, 1.82) is 0 Å². The van der Waals surface area contributed by atoms with E-state index in [0.717, 1.165) is 35.2 Å². The molecule has 4 aromatic rings. The lowest BCUT2D eigenvalue weighted by molar-refractivity contribution is -0.128. The summed E-state index contributed by atoms with van der Waals surface area (Å²) in [5, 5.41) is 22.7. The highest BCUT2D eigenvalue weighted by molar-refractivity contribution is 5.79. The van der Waals surface area contributed by atoms with E-state index in [1.807, 2.05) is 24.3 Å². The van der Waals surface area contributed by atoms with Crippen molar-refractivity contribution in [3.05, 3.63) is 102 Å². The number of hydrogen-bond donors (Lipinski definition) is 3. The van der Waals surface area contributed by atoms with E-state index in [2.05, 4.69) is 51.7 Å². The molecule has 8 heteroatoms. The molecule has 2 unspecified atom stereocenters. The van der Waals surface area contributed by atoms with Crippen molar-refractivity contribution in [3.8, 4) is 11.1 Å². The van der Waals surface area contributed by atoms with Crippen molar-refractivity contribution in [2.24, 2.45) is 5.92 Å². The van der Waals surface area contributed by atoms with E-state index < -0.39 is 6.10 Å². The van der Waals surface area contributed by atoms with E-state index in [9.17, 15) is 15.0 Å². The summed E-state index contributed by atoms with van der Waals surface area (Å²) in [5.74, 6) is 1.05. The molecule has 2 atom stereocenters. The van der Waals surface area contributed by atoms with Crippen LogP contribution in [-0.2, 0) is 11.3 Å². The number of aliphatic hydroxyl groups is 2. The minimum Gasteiger partial charge on any atom is -0.451 e. The summed E-state index contributed by atoms with van der Waals surface area (Å²) in [6, 6.07) is 16.5. The number of amides is 1. The second-order valence-electron chi connectivity index (χ2n) is 9.78. The van der Waals surface area contributed by atoms with Gasteiger partial charge in [0, 0.05) is 18.3 Å². The molecular weight excluding hydrogens is 480 g/mol. The van der Waals surface area contributed by atoms with Gasteiger partial charge in [-0.2, -0.15) is 0 Å². The van der Waals surface area contributed by atoms with E-state index in [1.165, 1.54) is 12.0 Å². The van der Waals surface area contributed by atoms with Crippen LogP contribution in [0, 0.1) is 5.92 Å². The Balaban J connectivity index is 1.15. The molecule has 1 aliphatic rings. The van der Waals surface area contributed by atoms with Crippen molar-refractivity contribution in [1.82, 2.24) is 19.9 Å². The Kier molecular flexibility index (Phi) is 7.81. The molecule has 0 saturated heterocycles. The molecule has 5 rings (SSSR count). The molecule has 8 nitrogen and oxygen atoms in total. The van der Waals surface area contributed by atoms with Gasteiger partial charge in [-0.3, -0.25) is 4.79 Å². The van der Waals surface area contributed by atoms with Crippen molar-refractivity contribution >= 4 is 12.0 Å². The second-order valence-corrected chi connectivity index (χ2v) is 9.78. The van der Waals surface area contributed by atoms with E-state index >= 15 is 0 Å². The average Bonchev–Trinajstić information content (AvgIpc) is 3.61. The van der Waals surface area contributed by atoms with Crippen LogP contribution in [-0.4, -0.2) is 37.3 Å². The third-order valence-corrected chi connectivity index (χ3v) is 7.19. The normalized spacial score (nSPS) is 18.7. The molecule has 0 bridgehead atoms. The SMILES string of the molecule is CC(O)c1nccn1C(/C=C/c1ccc(-c2ccc(C3CC(C(=O)NCc4cocn4)C3)cc2)cc1)CO. The van der Waals surface area contributed by atoms with Crippen LogP contribution in [0.2, 0.25) is 0 Å². The van der Waals surface area contributed by atoms with E-state index in [0.29, 0.717) is 18.3 Å². The van der Waals surface area contributed by atoms with E-state index in [4.69, 9.17) is 4.42 Å². The summed E-state index contributed by atoms with van der Waals surface area (Å²) < 4.78 is 6.72. The molecular formula is C30H32N4O4. The lowest BCUT2D eigenvalue weighted by Crippen LogP contribution is -2.37. The molecule has 3 N–H and O–H groups in total. The maximum atomic E-state index is 12.4. The predicted molar refractivity (Wildman–Crippen MR) is 144 cm³/mol. The predicted octanol–water partition coefficient (Wildman–Crippen LogP) is 4.65. The first-order valence-corrected chi connectivity index (χ1v) is 12.9. The van der Waals surface area contributed by atoms with Gasteiger partial charge in [0.25, 0.3) is 0 Å². The van der Waals surface area contributed by atoms with Gasteiger partial charge in [-0.15, -0.1) is 0 Å². The molecule has 0 aliphatic heterocycles. The molecule has 1 aliphatic carbocycles. The number of hydrogen-bond acceptors (Lipinski definition) is 6. The summed E-state index contributed by atoms with van der Waals surface area (Å²) in [6.07, 6.45) is 11.2. The molecule has 2 aromatic heterocycles. The molecule has 2 heterocycles. The minimum absolute atomic E-state index is 0.0463. The first kappa shape index (κ1) is 25.6. The Labute approximate surface area is 221 Å². The van der Waals surface area contributed by atoms with Crippen molar-refractivity contribution in [3.63, 3.8) is 0 Å². The lowest BCUT2D eigenvalue weighted by atomic mass is 9.71. The van der Waals surface area contributed by atoms with Gasteiger partial charge in [-0.25, -0.2) is 9.97 Å². The number of carbonyl (C=O) groups excluding carboxylic acids is 1. The van der Waals surface area contributed by atoms with Crippen molar-refractivity contribution in [2.75, 3.05) is 6.61 Å². The van der Waals surface area contributed by atoms with Crippen LogP contribution >= 0.6 is 0 Å². The maximum Gasteiger partial charge on any atom is 0.223 e. The lowest BCUT2D eigenvalue weighted by Gasteiger charge is -2.34. The fraction of sp³-hybridized carbons (Fsp3) is 0.300. The van der Waals surface area contributed by atoms with E-state index in [1.54, 1.807) is 30.1 Å². The van der Waals surface area contributed by atoms with Crippen molar-refractivity contribution < 1.29 is 19.4 Å². The third kappa shape index (κ3) is 5.77. The summed E-state index contributed by atoms with van der Waals surface area (Å²) in [5.41, 5.74) is 5.27. The smallest absolute Gasteiger partial charge is 0.223 e. The van der Waals surface area contributed by atoms with Gasteiger partial charge in [-0.05, 0) is 47.9 Å². The number of oxazole rings is 1. The highest BCUT2D eigenvalue weighted by Gasteiger charge is 2.35. The zero-order valence-electron chi connectivity index (χ0n) is 21.3. The molecule has 2 aromatic carbocycles. The fourth-order valence-corrected chi connectivity index (χ4v) is 4.88. The topological polar surface area (TPSA) is 113 Å². The quantitative estimate of drug-likeness (QED) is 0.285. The Morgan fingerprint density at radius 1 is 1.13 bits per heavy atom. The Bertz CT molecular complexity index is 1350. The number of carbonyl (C=O) groups is 1. The molecule has 0 spiro atoms. The molecule has 1 amide bonds. The number of aromatic nitrogens is 3. The van der Waals surface area contributed by atoms with Crippen LogP contribution in [0.3, 0.4) is 0 Å². The van der Waals surface area contributed by atoms with Crippen molar-refractivity contribution in [2.45, 2.75) is 44.4 Å². The number of aliphatic hydroxyl groups excluding tert-OH is 2. The Morgan fingerprint density at radius 3 is 2.47 bits per heavy atom. The standard InChI is InChI=1S/C30H32N4O4/c1-20(36)29-31-12-13-34(29)28(17-35)11-4-21-2-5-22(6-3-21)23-7-9-24(10-8-23)25-14-26(15-25)30(37)32-16-27-18-38-19-33-27/h2-13,18-20,25-26,28,35-36H,14-17H2,1H3,(H,32,37)/b11-4+. The molecule has 38 heavy (non-hydrogen) atoms.